The summed E-state index contributed by atoms with van der Waals surface area (Å²) in [7, 11) is -1.37. The molecule has 0 aliphatic heterocycles. The van der Waals surface area contributed by atoms with Gasteiger partial charge in [-0.2, -0.15) is 9.97 Å². The van der Waals surface area contributed by atoms with Crippen molar-refractivity contribution in [3.8, 4) is 11.8 Å². The summed E-state index contributed by atoms with van der Waals surface area (Å²) in [5.41, 5.74) is 0. The van der Waals surface area contributed by atoms with Crippen LogP contribution in [-0.4, -0.2) is 38.6 Å². The maximum atomic E-state index is 12.3. The Kier molecular flexibility index (Phi) is 6.19. The van der Waals surface area contributed by atoms with Gasteiger partial charge in [0.1, 0.15) is 4.90 Å². The summed E-state index contributed by atoms with van der Waals surface area (Å²) in [6.07, 6.45) is 0. The first kappa shape index (κ1) is 19.4. The molecule has 0 atom stereocenters. The number of urea groups is 1. The van der Waals surface area contributed by atoms with Crippen LogP contribution < -0.4 is 19.5 Å². The molecule has 0 spiro atoms. The van der Waals surface area contributed by atoms with E-state index >= 15 is 0 Å². The molecular formula is C13H12Br2N4O5S. The van der Waals surface area contributed by atoms with Crippen LogP contribution in [0.4, 0.5) is 10.7 Å². The Labute approximate surface area is 160 Å². The second-order valence-corrected chi connectivity index (χ2v) is 7.83. The molecule has 1 aromatic heterocycles. The summed E-state index contributed by atoms with van der Waals surface area (Å²) in [5, 5.41) is 2.21. The molecule has 1 heterocycles. The van der Waals surface area contributed by atoms with Crippen LogP contribution in [0, 0.1) is 0 Å². The monoisotopic (exact) mass is 494 g/mol. The minimum absolute atomic E-state index is 0.110. The van der Waals surface area contributed by atoms with Gasteiger partial charge in [-0.25, -0.2) is 17.9 Å². The minimum Gasteiger partial charge on any atom is -0.481 e. The molecule has 0 aliphatic carbocycles. The molecule has 0 bridgehead atoms. The van der Waals surface area contributed by atoms with Crippen molar-refractivity contribution in [3.63, 3.8) is 0 Å². The maximum Gasteiger partial charge on any atom is 0.335 e. The van der Waals surface area contributed by atoms with E-state index in [1.54, 1.807) is 6.07 Å². The summed E-state index contributed by atoms with van der Waals surface area (Å²) in [6, 6.07) is 4.90. The lowest BCUT2D eigenvalue weighted by atomic mass is 10.4. The van der Waals surface area contributed by atoms with Gasteiger partial charge in [0, 0.05) is 8.95 Å². The molecule has 2 aromatic rings. The molecule has 9 nitrogen and oxygen atoms in total. The Hall–Kier alpha value is -1.92. The van der Waals surface area contributed by atoms with Crippen molar-refractivity contribution in [1.82, 2.24) is 14.7 Å². The van der Waals surface area contributed by atoms with E-state index in [9.17, 15) is 13.2 Å². The van der Waals surface area contributed by atoms with Gasteiger partial charge in [-0.05, 0) is 34.1 Å². The number of rotatable bonds is 5. The molecule has 0 radical (unpaired) electrons. The molecule has 2 amide bonds. The Morgan fingerprint density at radius 2 is 1.68 bits per heavy atom. The number of sulfonamides is 1. The lowest BCUT2D eigenvalue weighted by Gasteiger charge is -2.10. The number of hydrogen-bond acceptors (Lipinski definition) is 7. The van der Waals surface area contributed by atoms with Crippen molar-refractivity contribution < 1.29 is 22.7 Å². The molecule has 0 saturated carbocycles. The second kappa shape index (κ2) is 7.97. The molecular weight excluding hydrogens is 484 g/mol. The number of halogens is 2. The molecule has 134 valence electrons. The maximum absolute atomic E-state index is 12.3. The second-order valence-electron chi connectivity index (χ2n) is 4.41. The fourth-order valence-corrected chi connectivity index (χ4v) is 4.07. The number of amides is 2. The quantitative estimate of drug-likeness (QED) is 0.653. The van der Waals surface area contributed by atoms with E-state index in [0.717, 1.165) is 0 Å². The topological polar surface area (TPSA) is 120 Å². The predicted octanol–water partition coefficient (Wildman–Crippen LogP) is 2.53. The van der Waals surface area contributed by atoms with E-state index in [4.69, 9.17) is 9.47 Å². The number of carbonyl (C=O) groups is 1. The third-order valence-electron chi connectivity index (χ3n) is 2.73. The van der Waals surface area contributed by atoms with Crippen molar-refractivity contribution in [2.45, 2.75) is 4.90 Å². The predicted molar refractivity (Wildman–Crippen MR) is 96.3 cm³/mol. The fourth-order valence-electron chi connectivity index (χ4n) is 1.66. The zero-order valence-electron chi connectivity index (χ0n) is 12.9. The summed E-state index contributed by atoms with van der Waals surface area (Å²) >= 11 is 6.31. The first-order chi connectivity index (χ1) is 11.7. The molecule has 12 heteroatoms. The molecule has 0 aliphatic rings. The number of methoxy groups -OCH3 is 2. The third-order valence-corrected chi connectivity index (χ3v) is 5.55. The smallest absolute Gasteiger partial charge is 0.335 e. The van der Waals surface area contributed by atoms with Gasteiger partial charge in [0.05, 0.1) is 20.3 Å². The number of carbonyl (C=O) groups excluding carboxylic acids is 1. The van der Waals surface area contributed by atoms with Crippen LogP contribution in [0.1, 0.15) is 0 Å². The number of nitrogens with zero attached hydrogens (tertiary/aromatic N) is 2. The molecule has 0 fully saturated rings. The molecule has 2 rings (SSSR count). The summed E-state index contributed by atoms with van der Waals surface area (Å²) in [6.45, 7) is 0. The largest absolute Gasteiger partial charge is 0.481 e. The molecule has 1 aromatic carbocycles. The lowest BCUT2D eigenvalue weighted by molar-refractivity contribution is 0.256. The summed E-state index contributed by atoms with van der Waals surface area (Å²) in [5.74, 6) is 0.0942. The molecule has 25 heavy (non-hydrogen) atoms. The Bertz CT molecular complexity index is 885. The third kappa shape index (κ3) is 5.03. The number of aromatic nitrogens is 2. The van der Waals surface area contributed by atoms with Gasteiger partial charge in [0.15, 0.2) is 0 Å². The van der Waals surface area contributed by atoms with Gasteiger partial charge in [0.2, 0.25) is 17.7 Å². The highest BCUT2D eigenvalue weighted by molar-refractivity contribution is 9.11. The minimum atomic E-state index is -4.12. The van der Waals surface area contributed by atoms with Crippen molar-refractivity contribution in [1.29, 1.82) is 0 Å². The standard InChI is InChI=1S/C13H12Br2N4O5S/c1-23-10-6-11(24-2)17-12(16-10)18-13(20)19-25(21,22)9-5-7(14)3-4-8(9)15/h3-6H,1-2H3,(H2,16,17,18,19,20). The van der Waals surface area contributed by atoms with Crippen molar-refractivity contribution in [2.24, 2.45) is 0 Å². The van der Waals surface area contributed by atoms with E-state index in [2.05, 4.69) is 47.1 Å². The number of ether oxygens (including phenoxy) is 2. The van der Waals surface area contributed by atoms with Crippen LogP contribution in [-0.2, 0) is 10.0 Å². The van der Waals surface area contributed by atoms with Crippen LogP contribution in [0.25, 0.3) is 0 Å². The van der Waals surface area contributed by atoms with Gasteiger partial charge in [-0.1, -0.05) is 15.9 Å². The van der Waals surface area contributed by atoms with Crippen LogP contribution in [0.3, 0.4) is 0 Å². The fraction of sp³-hybridized carbons (Fsp3) is 0.154. The van der Waals surface area contributed by atoms with Crippen molar-refractivity contribution >= 4 is 53.9 Å². The number of anilines is 1. The van der Waals surface area contributed by atoms with Gasteiger partial charge in [-0.15, -0.1) is 0 Å². The van der Waals surface area contributed by atoms with E-state index < -0.39 is 16.1 Å². The van der Waals surface area contributed by atoms with Crippen molar-refractivity contribution in [3.05, 3.63) is 33.2 Å². The average Bonchev–Trinajstić information content (AvgIpc) is 2.55. The number of nitrogens with one attached hydrogen (secondary N) is 2. The Morgan fingerprint density at radius 1 is 1.08 bits per heavy atom. The van der Waals surface area contributed by atoms with Crippen LogP contribution >= 0.6 is 31.9 Å². The van der Waals surface area contributed by atoms with Gasteiger partial charge < -0.3 is 9.47 Å². The highest BCUT2D eigenvalue weighted by atomic mass is 79.9. The zero-order chi connectivity index (χ0) is 18.6. The van der Waals surface area contributed by atoms with E-state index in [1.807, 2.05) is 4.72 Å². The van der Waals surface area contributed by atoms with Crippen molar-refractivity contribution in [2.75, 3.05) is 19.5 Å². The van der Waals surface area contributed by atoms with E-state index in [0.29, 0.717) is 8.95 Å². The SMILES string of the molecule is COc1cc(OC)nc(NC(=O)NS(=O)(=O)c2cc(Br)ccc2Br)n1. The highest BCUT2D eigenvalue weighted by Crippen LogP contribution is 2.25. The first-order valence-electron chi connectivity index (χ1n) is 6.51. The van der Waals surface area contributed by atoms with E-state index in [-0.39, 0.29) is 22.6 Å². The Balaban J connectivity index is 2.21. The lowest BCUT2D eigenvalue weighted by Crippen LogP contribution is -2.35. The average molecular weight is 496 g/mol. The van der Waals surface area contributed by atoms with Gasteiger partial charge in [0.25, 0.3) is 10.0 Å². The van der Waals surface area contributed by atoms with Crippen LogP contribution in [0.2, 0.25) is 0 Å². The first-order valence-corrected chi connectivity index (χ1v) is 9.58. The summed E-state index contributed by atoms with van der Waals surface area (Å²) in [4.78, 5) is 19.7. The Morgan fingerprint density at radius 3 is 2.24 bits per heavy atom. The zero-order valence-corrected chi connectivity index (χ0v) is 16.9. The van der Waals surface area contributed by atoms with Crippen LogP contribution in [0.5, 0.6) is 11.8 Å². The number of benzene rings is 1. The van der Waals surface area contributed by atoms with Gasteiger partial charge >= 0.3 is 6.03 Å². The molecule has 0 saturated heterocycles. The highest BCUT2D eigenvalue weighted by Gasteiger charge is 2.21. The van der Waals surface area contributed by atoms with E-state index in [1.165, 1.54) is 32.4 Å². The molecule has 2 N–H and O–H groups in total. The van der Waals surface area contributed by atoms with Crippen LogP contribution in [0.15, 0.2) is 38.1 Å². The normalized spacial score (nSPS) is 10.9. The van der Waals surface area contributed by atoms with Gasteiger partial charge in [-0.3, -0.25) is 5.32 Å². The summed E-state index contributed by atoms with van der Waals surface area (Å²) < 4.78 is 37.3. The molecule has 0 unspecified atom stereocenters. The number of hydrogen-bond donors (Lipinski definition) is 2.